The molecule has 1 aromatic heterocycles. The lowest BCUT2D eigenvalue weighted by atomic mass is 10.1. The molecule has 134 valence electrons. The van der Waals surface area contributed by atoms with Gasteiger partial charge in [0.2, 0.25) is 5.91 Å². The molecule has 1 aliphatic rings. The average molecular weight is 422 g/mol. The molecule has 2 aromatic rings. The van der Waals surface area contributed by atoms with Crippen molar-refractivity contribution in [1.82, 2.24) is 15.1 Å². The normalized spacial score (nSPS) is 16.0. The molecular formula is C19H24BrN3OS. The Morgan fingerprint density at radius 3 is 2.44 bits per heavy atom. The fourth-order valence-electron chi connectivity index (χ4n) is 3.01. The summed E-state index contributed by atoms with van der Waals surface area (Å²) in [7, 11) is 0. The van der Waals surface area contributed by atoms with Gasteiger partial charge in [0.25, 0.3) is 0 Å². The molecule has 25 heavy (non-hydrogen) atoms. The molecule has 6 heteroatoms. The van der Waals surface area contributed by atoms with Gasteiger partial charge in [-0.2, -0.15) is 0 Å². The van der Waals surface area contributed by atoms with Crippen LogP contribution < -0.4 is 5.32 Å². The van der Waals surface area contributed by atoms with Gasteiger partial charge >= 0.3 is 0 Å². The van der Waals surface area contributed by atoms with Crippen LogP contribution in [0.5, 0.6) is 0 Å². The molecule has 0 bridgehead atoms. The highest BCUT2D eigenvalue weighted by molar-refractivity contribution is 9.11. The molecule has 4 nitrogen and oxygen atoms in total. The molecule has 0 unspecified atom stereocenters. The van der Waals surface area contributed by atoms with E-state index in [1.54, 1.807) is 11.3 Å². The number of amides is 1. The Bertz CT molecular complexity index is 668. The third kappa shape index (κ3) is 6.22. The van der Waals surface area contributed by atoms with Crippen LogP contribution in [0.25, 0.3) is 0 Å². The maximum atomic E-state index is 12.1. The van der Waals surface area contributed by atoms with Crippen molar-refractivity contribution in [2.24, 2.45) is 0 Å². The van der Waals surface area contributed by atoms with Crippen LogP contribution in [0.3, 0.4) is 0 Å². The highest BCUT2D eigenvalue weighted by Crippen LogP contribution is 2.23. The van der Waals surface area contributed by atoms with Crippen molar-refractivity contribution in [2.75, 3.05) is 39.3 Å². The quantitative estimate of drug-likeness (QED) is 0.746. The number of rotatable bonds is 7. The predicted molar refractivity (Wildman–Crippen MR) is 107 cm³/mol. The van der Waals surface area contributed by atoms with Crippen molar-refractivity contribution in [3.8, 4) is 0 Å². The summed E-state index contributed by atoms with van der Waals surface area (Å²) in [5.74, 6) is 0.131. The van der Waals surface area contributed by atoms with Crippen LogP contribution in [-0.4, -0.2) is 55.0 Å². The van der Waals surface area contributed by atoms with E-state index in [4.69, 9.17) is 0 Å². The zero-order chi connectivity index (χ0) is 17.5. The summed E-state index contributed by atoms with van der Waals surface area (Å²) in [5, 5.41) is 3.03. The maximum absolute atomic E-state index is 12.1. The number of halogens is 1. The summed E-state index contributed by atoms with van der Waals surface area (Å²) in [6.45, 7) is 6.17. The van der Waals surface area contributed by atoms with E-state index >= 15 is 0 Å². The smallest absolute Gasteiger partial charge is 0.234 e. The van der Waals surface area contributed by atoms with E-state index in [0.29, 0.717) is 13.1 Å². The van der Waals surface area contributed by atoms with Gasteiger partial charge in [-0.15, -0.1) is 11.3 Å². The highest BCUT2D eigenvalue weighted by Gasteiger charge is 2.19. The van der Waals surface area contributed by atoms with Crippen molar-refractivity contribution >= 4 is 33.2 Å². The Hall–Kier alpha value is -1.21. The first-order valence-corrected chi connectivity index (χ1v) is 10.3. The predicted octanol–water partition coefficient (Wildman–Crippen LogP) is 2.99. The number of carbonyl (C=O) groups excluding carboxylic acids is 1. The van der Waals surface area contributed by atoms with Gasteiger partial charge in [-0.3, -0.25) is 14.6 Å². The lowest BCUT2D eigenvalue weighted by Crippen LogP contribution is -2.49. The van der Waals surface area contributed by atoms with Gasteiger partial charge < -0.3 is 5.32 Å². The van der Waals surface area contributed by atoms with Crippen LogP contribution in [0.15, 0.2) is 46.3 Å². The number of piperazine rings is 1. The van der Waals surface area contributed by atoms with Gasteiger partial charge in [0.15, 0.2) is 0 Å². The Labute approximate surface area is 162 Å². The summed E-state index contributed by atoms with van der Waals surface area (Å²) < 4.78 is 1.19. The number of carbonyl (C=O) groups is 1. The minimum Gasteiger partial charge on any atom is -0.355 e. The van der Waals surface area contributed by atoms with Crippen LogP contribution in [0.4, 0.5) is 0 Å². The Morgan fingerprint density at radius 1 is 1.04 bits per heavy atom. The lowest BCUT2D eigenvalue weighted by Gasteiger charge is -2.34. The summed E-state index contributed by atoms with van der Waals surface area (Å²) in [6, 6.07) is 14.6. The van der Waals surface area contributed by atoms with Crippen LogP contribution in [0.1, 0.15) is 10.4 Å². The molecule has 2 heterocycles. The largest absolute Gasteiger partial charge is 0.355 e. The maximum Gasteiger partial charge on any atom is 0.234 e. The van der Waals surface area contributed by atoms with Crippen molar-refractivity contribution in [3.05, 3.63) is 56.7 Å². The van der Waals surface area contributed by atoms with E-state index in [2.05, 4.69) is 55.3 Å². The number of nitrogens with one attached hydrogen (secondary N) is 1. The van der Waals surface area contributed by atoms with Gasteiger partial charge in [0, 0.05) is 44.1 Å². The summed E-state index contributed by atoms with van der Waals surface area (Å²) >= 11 is 5.31. The Kier molecular flexibility index (Phi) is 7.04. The van der Waals surface area contributed by atoms with Gasteiger partial charge in [-0.1, -0.05) is 30.3 Å². The molecule has 0 spiro atoms. The number of benzene rings is 1. The van der Waals surface area contributed by atoms with Gasteiger partial charge in [-0.25, -0.2) is 0 Å². The molecule has 1 saturated heterocycles. The molecule has 3 rings (SSSR count). The van der Waals surface area contributed by atoms with Crippen LogP contribution in [-0.2, 0) is 17.8 Å². The second-order valence-electron chi connectivity index (χ2n) is 6.34. The molecule has 0 radical (unpaired) electrons. The first kappa shape index (κ1) is 18.6. The van der Waals surface area contributed by atoms with E-state index in [0.717, 1.165) is 39.1 Å². The number of hydrogen-bond donors (Lipinski definition) is 1. The minimum absolute atomic E-state index is 0.131. The molecule has 0 atom stereocenters. The Balaban J connectivity index is 1.32. The standard InChI is InChI=1S/C19H24BrN3OS/c20-18-7-6-17(25-18)14-22-10-12-23(13-11-22)15-19(24)21-9-8-16-4-2-1-3-5-16/h1-7H,8-15H2,(H,21,24). The Morgan fingerprint density at radius 2 is 1.76 bits per heavy atom. The van der Waals surface area contributed by atoms with E-state index < -0.39 is 0 Å². The van der Waals surface area contributed by atoms with Crippen LogP contribution in [0, 0.1) is 0 Å². The van der Waals surface area contributed by atoms with E-state index in [1.807, 2.05) is 18.2 Å². The molecule has 1 N–H and O–H groups in total. The molecule has 1 fully saturated rings. The molecule has 0 aliphatic carbocycles. The van der Waals surface area contributed by atoms with Gasteiger partial charge in [0.05, 0.1) is 10.3 Å². The van der Waals surface area contributed by atoms with E-state index in [-0.39, 0.29) is 5.91 Å². The SMILES string of the molecule is O=C(CN1CCN(Cc2ccc(Br)s2)CC1)NCCc1ccccc1. The number of nitrogens with zero attached hydrogens (tertiary/aromatic N) is 2. The van der Waals surface area contributed by atoms with Gasteiger partial charge in [-0.05, 0) is 40.0 Å². The van der Waals surface area contributed by atoms with Crippen molar-refractivity contribution in [1.29, 1.82) is 0 Å². The van der Waals surface area contributed by atoms with Crippen molar-refractivity contribution in [2.45, 2.75) is 13.0 Å². The number of hydrogen-bond acceptors (Lipinski definition) is 4. The minimum atomic E-state index is 0.131. The fraction of sp³-hybridized carbons (Fsp3) is 0.421. The summed E-state index contributed by atoms with van der Waals surface area (Å²) in [5.41, 5.74) is 1.26. The fourth-order valence-corrected chi connectivity index (χ4v) is 4.54. The first-order chi connectivity index (χ1) is 12.2. The molecule has 0 saturated carbocycles. The van der Waals surface area contributed by atoms with Crippen molar-refractivity contribution in [3.63, 3.8) is 0 Å². The van der Waals surface area contributed by atoms with E-state index in [1.165, 1.54) is 14.2 Å². The second kappa shape index (κ2) is 9.48. The molecule has 1 amide bonds. The molecule has 1 aromatic carbocycles. The van der Waals surface area contributed by atoms with Crippen molar-refractivity contribution < 1.29 is 4.79 Å². The van der Waals surface area contributed by atoms with Gasteiger partial charge in [0.1, 0.15) is 0 Å². The lowest BCUT2D eigenvalue weighted by molar-refractivity contribution is -0.122. The number of thiophene rings is 1. The molecule has 1 aliphatic heterocycles. The summed E-state index contributed by atoms with van der Waals surface area (Å²) in [4.78, 5) is 18.2. The first-order valence-electron chi connectivity index (χ1n) is 8.68. The zero-order valence-electron chi connectivity index (χ0n) is 14.3. The zero-order valence-corrected chi connectivity index (χ0v) is 16.7. The van der Waals surface area contributed by atoms with Crippen LogP contribution >= 0.6 is 27.3 Å². The van der Waals surface area contributed by atoms with Crippen LogP contribution in [0.2, 0.25) is 0 Å². The molecular weight excluding hydrogens is 398 g/mol. The average Bonchev–Trinajstić information content (AvgIpc) is 3.02. The third-order valence-electron chi connectivity index (χ3n) is 4.42. The highest BCUT2D eigenvalue weighted by atomic mass is 79.9. The summed E-state index contributed by atoms with van der Waals surface area (Å²) in [6.07, 6.45) is 0.886. The topological polar surface area (TPSA) is 35.6 Å². The second-order valence-corrected chi connectivity index (χ2v) is 8.89. The third-order valence-corrected chi connectivity index (χ3v) is 6.03. The van der Waals surface area contributed by atoms with E-state index in [9.17, 15) is 4.79 Å². The monoisotopic (exact) mass is 421 g/mol.